The molecule has 2 aliphatic heterocycles. The molecule has 40 heavy (non-hydrogen) atoms. The summed E-state index contributed by atoms with van der Waals surface area (Å²) in [4.78, 5) is 38.2. The molecule has 2 fully saturated rings. The number of ether oxygens (including phenoxy) is 4. The van der Waals surface area contributed by atoms with E-state index in [1.165, 1.54) is 6.92 Å². The Hall–Kier alpha value is -2.87. The fourth-order valence-corrected chi connectivity index (χ4v) is 5.90. The molecule has 1 unspecified atom stereocenters. The van der Waals surface area contributed by atoms with Gasteiger partial charge in [0.05, 0.1) is 25.9 Å². The van der Waals surface area contributed by atoms with E-state index in [4.69, 9.17) is 28.0 Å². The molecule has 13 nitrogen and oxygen atoms in total. The van der Waals surface area contributed by atoms with Gasteiger partial charge in [0.25, 0.3) is 5.56 Å². The molecule has 4 rings (SSSR count). The number of alkyl halides is 1. The van der Waals surface area contributed by atoms with Crippen molar-refractivity contribution in [3.05, 3.63) is 63.4 Å². The van der Waals surface area contributed by atoms with Crippen molar-refractivity contribution in [2.24, 2.45) is 0 Å². The zero-order valence-corrected chi connectivity index (χ0v) is 23.2. The van der Waals surface area contributed by atoms with Crippen LogP contribution in [-0.2, 0) is 32.8 Å². The Bertz CT molecular complexity index is 1310. The molecule has 2 aromatic rings. The lowest BCUT2D eigenvalue weighted by atomic mass is 9.98. The van der Waals surface area contributed by atoms with Gasteiger partial charge in [-0.1, -0.05) is 25.1 Å². The van der Waals surface area contributed by atoms with Crippen molar-refractivity contribution in [1.29, 1.82) is 0 Å². The molecule has 2 N–H and O–H groups in total. The minimum Gasteiger partial charge on any atom is -0.456 e. The predicted molar refractivity (Wildman–Crippen MR) is 138 cm³/mol. The molecule has 220 valence electrons. The number of nitrogens with zero attached hydrogens (tertiary/aromatic N) is 1. The minimum atomic E-state index is -4.20. The summed E-state index contributed by atoms with van der Waals surface area (Å²) in [5, 5.41) is 2.79. The maximum absolute atomic E-state index is 16.2. The lowest BCUT2D eigenvalue weighted by Gasteiger charge is -2.31. The summed E-state index contributed by atoms with van der Waals surface area (Å²) in [6.45, 7) is 4.67. The van der Waals surface area contributed by atoms with Gasteiger partial charge in [0.15, 0.2) is 24.3 Å². The number of nitrogens with one attached hydrogen (secondary N) is 2. The zero-order valence-electron chi connectivity index (χ0n) is 22.3. The highest BCUT2D eigenvalue weighted by molar-refractivity contribution is 7.52. The van der Waals surface area contributed by atoms with E-state index in [9.17, 15) is 18.9 Å². The van der Waals surface area contributed by atoms with Gasteiger partial charge in [-0.25, -0.2) is 18.8 Å². The normalized spacial score (nSPS) is 27.6. The number of para-hydroxylation sites is 1. The van der Waals surface area contributed by atoms with Crippen molar-refractivity contribution in [3.8, 4) is 5.75 Å². The second-order valence-corrected chi connectivity index (χ2v) is 11.2. The topological polar surface area (TPSA) is 156 Å². The predicted octanol–water partition coefficient (Wildman–Crippen LogP) is 2.43. The molecule has 0 bridgehead atoms. The number of hydrogen-bond acceptors (Lipinski definition) is 10. The SMILES string of the molecule is CCC(=O)O[C@@H]1[C@@H](COP(=O)(N[C@@H](C)C2OCCCO2)Oc2ccccc2)O[C@@H](n2ccc(=O)[nH]c2=O)[C@]1(C)F. The third-order valence-electron chi connectivity index (χ3n) is 6.33. The van der Waals surface area contributed by atoms with Crippen LogP contribution >= 0.6 is 7.75 Å². The van der Waals surface area contributed by atoms with Crippen molar-refractivity contribution in [2.45, 2.75) is 70.0 Å². The van der Waals surface area contributed by atoms with Crippen LogP contribution in [0.5, 0.6) is 5.75 Å². The number of hydrogen-bond donors (Lipinski definition) is 2. The van der Waals surface area contributed by atoms with Crippen LogP contribution in [0.25, 0.3) is 0 Å². The lowest BCUT2D eigenvalue weighted by Crippen LogP contribution is -2.46. The fraction of sp³-hybridized carbons (Fsp3) is 0.560. The molecular formula is C25H33FN3O10P. The van der Waals surface area contributed by atoms with Gasteiger partial charge >= 0.3 is 19.4 Å². The monoisotopic (exact) mass is 585 g/mol. The minimum absolute atomic E-state index is 0.0561. The van der Waals surface area contributed by atoms with E-state index >= 15 is 4.39 Å². The first-order valence-corrected chi connectivity index (χ1v) is 14.4. The first kappa shape index (κ1) is 30.1. The number of aromatic amines is 1. The zero-order chi connectivity index (χ0) is 28.9. The highest BCUT2D eigenvalue weighted by Crippen LogP contribution is 2.48. The molecule has 0 saturated carbocycles. The maximum Gasteiger partial charge on any atom is 0.459 e. The number of carbonyl (C=O) groups excluding carboxylic acids is 1. The fourth-order valence-electron chi connectivity index (χ4n) is 4.35. The summed E-state index contributed by atoms with van der Waals surface area (Å²) < 4.78 is 64.8. The maximum atomic E-state index is 16.2. The van der Waals surface area contributed by atoms with E-state index in [0.717, 1.165) is 30.2 Å². The van der Waals surface area contributed by atoms with Crippen molar-refractivity contribution in [1.82, 2.24) is 14.6 Å². The van der Waals surface area contributed by atoms with Gasteiger partial charge in [-0.2, -0.15) is 0 Å². The average molecular weight is 586 g/mol. The molecular weight excluding hydrogens is 552 g/mol. The van der Waals surface area contributed by atoms with Crippen LogP contribution in [0.4, 0.5) is 4.39 Å². The van der Waals surface area contributed by atoms with E-state index in [2.05, 4.69) is 5.09 Å². The number of halogens is 1. The second-order valence-electron chi connectivity index (χ2n) is 9.54. The van der Waals surface area contributed by atoms with Gasteiger partial charge in [0, 0.05) is 18.7 Å². The standard InChI is InChI=1S/C25H33FN3O10P/c1-4-20(31)38-21-18(37-23(25(21,3)26)29-12-11-19(30)27-24(29)32)15-36-40(33,39-17-9-6-5-7-10-17)28-16(2)22-34-13-8-14-35-22/h5-7,9-12,16,18,21-23H,4,8,13-15H2,1-3H3,(H,28,33)(H,27,30,32)/t16-,18+,21+,23+,25+,40?/m0/s1. The Kier molecular flexibility index (Phi) is 9.60. The number of H-pyrrole nitrogens is 1. The molecule has 6 atom stereocenters. The summed E-state index contributed by atoms with van der Waals surface area (Å²) in [5.41, 5.74) is -4.06. The number of carbonyl (C=O) groups is 1. The van der Waals surface area contributed by atoms with Crippen molar-refractivity contribution < 1.29 is 41.7 Å². The van der Waals surface area contributed by atoms with Crippen LogP contribution in [0.1, 0.15) is 39.8 Å². The van der Waals surface area contributed by atoms with Gasteiger partial charge in [-0.15, -0.1) is 0 Å². The highest BCUT2D eigenvalue weighted by atomic mass is 31.2. The summed E-state index contributed by atoms with van der Waals surface area (Å²) in [5.74, 6) is -0.496. The van der Waals surface area contributed by atoms with Crippen molar-refractivity contribution in [3.63, 3.8) is 0 Å². The van der Waals surface area contributed by atoms with E-state index in [1.54, 1.807) is 37.3 Å². The van der Waals surface area contributed by atoms with Gasteiger partial charge in [-0.3, -0.25) is 23.7 Å². The molecule has 0 aliphatic carbocycles. The van der Waals surface area contributed by atoms with Gasteiger partial charge in [-0.05, 0) is 32.4 Å². The molecule has 15 heteroatoms. The Balaban J connectivity index is 1.59. The third-order valence-corrected chi connectivity index (χ3v) is 8.00. The Morgan fingerprint density at radius 1 is 1.25 bits per heavy atom. The van der Waals surface area contributed by atoms with E-state index in [-0.39, 0.29) is 12.2 Å². The number of benzene rings is 1. The Morgan fingerprint density at radius 2 is 1.95 bits per heavy atom. The van der Waals surface area contributed by atoms with Crippen molar-refractivity contribution in [2.75, 3.05) is 19.8 Å². The molecule has 3 heterocycles. The molecule has 2 aliphatic rings. The number of aromatic nitrogens is 2. The first-order valence-electron chi connectivity index (χ1n) is 12.9. The van der Waals surface area contributed by atoms with Crippen LogP contribution in [0.15, 0.2) is 52.2 Å². The van der Waals surface area contributed by atoms with Gasteiger partial charge < -0.3 is 23.5 Å². The molecule has 0 spiro atoms. The van der Waals surface area contributed by atoms with E-state index < -0.39 is 68.0 Å². The van der Waals surface area contributed by atoms with Crippen LogP contribution in [0.2, 0.25) is 0 Å². The summed E-state index contributed by atoms with van der Waals surface area (Å²) in [6, 6.07) is 8.64. The Morgan fingerprint density at radius 3 is 2.60 bits per heavy atom. The summed E-state index contributed by atoms with van der Waals surface area (Å²) in [6.07, 6.45) is -3.47. The summed E-state index contributed by atoms with van der Waals surface area (Å²) >= 11 is 0. The number of rotatable bonds is 11. The molecule has 2 saturated heterocycles. The first-order chi connectivity index (χ1) is 19.0. The molecule has 1 aromatic carbocycles. The van der Waals surface area contributed by atoms with Crippen LogP contribution in [0.3, 0.4) is 0 Å². The van der Waals surface area contributed by atoms with E-state index in [0.29, 0.717) is 13.2 Å². The quantitative estimate of drug-likeness (QED) is 0.295. The molecule has 0 radical (unpaired) electrons. The largest absolute Gasteiger partial charge is 0.459 e. The van der Waals surface area contributed by atoms with Crippen molar-refractivity contribution >= 4 is 13.7 Å². The number of esters is 1. The smallest absolute Gasteiger partial charge is 0.456 e. The Labute approximate surface area is 229 Å². The molecule has 1 aromatic heterocycles. The van der Waals surface area contributed by atoms with Gasteiger partial charge in [0.2, 0.25) is 0 Å². The van der Waals surface area contributed by atoms with Gasteiger partial charge in [0.1, 0.15) is 11.9 Å². The van der Waals surface area contributed by atoms with E-state index in [1.807, 2.05) is 4.98 Å². The van der Waals surface area contributed by atoms with Crippen LogP contribution < -0.4 is 20.9 Å². The third kappa shape index (κ3) is 7.06. The van der Waals surface area contributed by atoms with Crippen LogP contribution in [-0.4, -0.2) is 65.5 Å². The lowest BCUT2D eigenvalue weighted by molar-refractivity contribution is -0.188. The average Bonchev–Trinajstić information content (AvgIpc) is 3.17. The highest BCUT2D eigenvalue weighted by Gasteiger charge is 2.58. The second kappa shape index (κ2) is 12.8. The molecule has 0 amide bonds. The summed E-state index contributed by atoms with van der Waals surface area (Å²) in [7, 11) is -4.20. The van der Waals surface area contributed by atoms with Crippen LogP contribution in [0, 0.1) is 0 Å².